The van der Waals surface area contributed by atoms with Gasteiger partial charge in [-0.25, -0.2) is 0 Å². The van der Waals surface area contributed by atoms with Gasteiger partial charge in [0.05, 0.1) is 12.6 Å². The molecule has 2 aromatic rings. The molecule has 0 aliphatic carbocycles. The van der Waals surface area contributed by atoms with E-state index in [4.69, 9.17) is 10.2 Å². The minimum absolute atomic E-state index is 0.160. The Hall–Kier alpha value is -2.34. The molecule has 2 aromatic heterocycles. The van der Waals surface area contributed by atoms with E-state index in [0.717, 1.165) is 43.3 Å². The Labute approximate surface area is 149 Å². The fourth-order valence-electron chi connectivity index (χ4n) is 3.18. The van der Waals surface area contributed by atoms with Crippen LogP contribution in [0.5, 0.6) is 0 Å². The van der Waals surface area contributed by atoms with Crippen LogP contribution >= 0.6 is 0 Å². The van der Waals surface area contributed by atoms with Crippen LogP contribution in [-0.4, -0.2) is 42.0 Å². The number of nitrogens with two attached hydrogens (primary N) is 1. The molecular weight excluding hydrogens is 314 g/mol. The van der Waals surface area contributed by atoms with E-state index in [9.17, 15) is 0 Å². The quantitative estimate of drug-likeness (QED) is 0.596. The number of likely N-dealkylation sites (tertiary alicyclic amines) is 1. The van der Waals surface area contributed by atoms with Gasteiger partial charge in [-0.05, 0) is 57.1 Å². The molecule has 1 unspecified atom stereocenters. The first-order valence-electron chi connectivity index (χ1n) is 8.96. The highest BCUT2D eigenvalue weighted by Gasteiger charge is 2.25. The van der Waals surface area contributed by atoms with Crippen LogP contribution in [0.2, 0.25) is 0 Å². The second-order valence-corrected chi connectivity index (χ2v) is 6.43. The molecular formula is C19H27N5O. The Kier molecular flexibility index (Phi) is 6.06. The van der Waals surface area contributed by atoms with E-state index in [0.29, 0.717) is 12.5 Å². The molecule has 3 heterocycles. The highest BCUT2D eigenvalue weighted by molar-refractivity contribution is 5.77. The smallest absolute Gasteiger partial charge is 0.188 e. The number of rotatable bonds is 7. The standard InChI is InChI=1S/C19H27N5O/c1-15-7-8-18(25-15)17(24-12-4-5-13-24)14-23-19(20)22-11-9-16-6-2-3-10-21-16/h2-3,6-8,10,17H,4-5,9,11-14H2,1H3,(H3,20,22,23). The van der Waals surface area contributed by atoms with Gasteiger partial charge in [-0.1, -0.05) is 6.07 Å². The number of nitrogens with zero attached hydrogens (tertiary/aromatic N) is 3. The van der Waals surface area contributed by atoms with Gasteiger partial charge >= 0.3 is 0 Å². The van der Waals surface area contributed by atoms with Crippen molar-refractivity contribution in [3.05, 3.63) is 53.7 Å². The van der Waals surface area contributed by atoms with Crippen LogP contribution in [-0.2, 0) is 6.42 Å². The molecule has 0 aromatic carbocycles. The summed E-state index contributed by atoms with van der Waals surface area (Å²) in [4.78, 5) is 11.3. The lowest BCUT2D eigenvalue weighted by molar-refractivity contribution is 0.219. The molecule has 6 heteroatoms. The number of aryl methyl sites for hydroxylation is 1. The van der Waals surface area contributed by atoms with Crippen molar-refractivity contribution in [2.24, 2.45) is 10.7 Å². The molecule has 3 rings (SSSR count). The Morgan fingerprint density at radius 1 is 1.32 bits per heavy atom. The van der Waals surface area contributed by atoms with E-state index >= 15 is 0 Å². The Bertz CT molecular complexity index is 676. The van der Waals surface area contributed by atoms with Gasteiger partial charge in [0.1, 0.15) is 11.5 Å². The number of hydrogen-bond donors (Lipinski definition) is 2. The third-order valence-corrected chi connectivity index (χ3v) is 4.52. The lowest BCUT2D eigenvalue weighted by Crippen LogP contribution is -2.35. The van der Waals surface area contributed by atoms with Crippen molar-refractivity contribution < 1.29 is 4.42 Å². The van der Waals surface area contributed by atoms with Crippen molar-refractivity contribution in [3.63, 3.8) is 0 Å². The topological polar surface area (TPSA) is 79.7 Å². The Balaban J connectivity index is 1.54. The lowest BCUT2D eigenvalue weighted by Gasteiger charge is -2.24. The van der Waals surface area contributed by atoms with Crippen molar-refractivity contribution in [1.29, 1.82) is 0 Å². The zero-order chi connectivity index (χ0) is 17.5. The van der Waals surface area contributed by atoms with Gasteiger partial charge in [0.2, 0.25) is 0 Å². The van der Waals surface area contributed by atoms with Crippen LogP contribution in [0.3, 0.4) is 0 Å². The lowest BCUT2D eigenvalue weighted by atomic mass is 10.2. The Morgan fingerprint density at radius 2 is 2.16 bits per heavy atom. The van der Waals surface area contributed by atoms with Crippen molar-refractivity contribution >= 4 is 5.96 Å². The van der Waals surface area contributed by atoms with Gasteiger partial charge in [-0.15, -0.1) is 0 Å². The number of guanidine groups is 1. The minimum atomic E-state index is 0.160. The summed E-state index contributed by atoms with van der Waals surface area (Å²) in [5.41, 5.74) is 7.08. The molecule has 1 saturated heterocycles. The van der Waals surface area contributed by atoms with Crippen molar-refractivity contribution in [2.75, 3.05) is 26.2 Å². The molecule has 1 aliphatic heterocycles. The monoisotopic (exact) mass is 341 g/mol. The Morgan fingerprint density at radius 3 is 2.84 bits per heavy atom. The first-order valence-corrected chi connectivity index (χ1v) is 8.96. The molecule has 0 amide bonds. The average Bonchev–Trinajstić information content (AvgIpc) is 3.29. The molecule has 6 nitrogen and oxygen atoms in total. The van der Waals surface area contributed by atoms with Crippen molar-refractivity contribution in [1.82, 2.24) is 15.2 Å². The maximum absolute atomic E-state index is 6.04. The third kappa shape index (κ3) is 5.06. The number of pyridine rings is 1. The van der Waals surface area contributed by atoms with Gasteiger partial charge in [0.15, 0.2) is 5.96 Å². The van der Waals surface area contributed by atoms with Crippen LogP contribution in [0.15, 0.2) is 45.9 Å². The molecule has 0 bridgehead atoms. The number of aromatic nitrogens is 1. The summed E-state index contributed by atoms with van der Waals surface area (Å²) >= 11 is 0. The van der Waals surface area contributed by atoms with E-state index in [1.54, 1.807) is 6.20 Å². The van der Waals surface area contributed by atoms with Crippen molar-refractivity contribution in [3.8, 4) is 0 Å². The maximum atomic E-state index is 6.04. The molecule has 1 fully saturated rings. The van der Waals surface area contributed by atoms with Gasteiger partial charge in [-0.3, -0.25) is 14.9 Å². The van der Waals surface area contributed by atoms with Crippen LogP contribution in [0.25, 0.3) is 0 Å². The molecule has 25 heavy (non-hydrogen) atoms. The number of nitrogens with one attached hydrogen (secondary N) is 1. The zero-order valence-corrected chi connectivity index (χ0v) is 14.8. The first kappa shape index (κ1) is 17.5. The summed E-state index contributed by atoms with van der Waals surface area (Å²) in [6.07, 6.45) is 5.10. The predicted octanol–water partition coefficient (Wildman–Crippen LogP) is 2.27. The maximum Gasteiger partial charge on any atom is 0.188 e. The minimum Gasteiger partial charge on any atom is -0.465 e. The second kappa shape index (κ2) is 8.67. The average molecular weight is 341 g/mol. The molecule has 0 saturated carbocycles. The molecule has 1 aliphatic rings. The molecule has 3 N–H and O–H groups in total. The fourth-order valence-corrected chi connectivity index (χ4v) is 3.18. The highest BCUT2D eigenvalue weighted by Crippen LogP contribution is 2.26. The fraction of sp³-hybridized carbons (Fsp3) is 0.474. The predicted molar refractivity (Wildman–Crippen MR) is 99.4 cm³/mol. The van der Waals surface area contributed by atoms with E-state index in [1.807, 2.05) is 31.2 Å². The van der Waals surface area contributed by atoms with E-state index in [1.165, 1.54) is 12.8 Å². The molecule has 0 spiro atoms. The van der Waals surface area contributed by atoms with Crippen LogP contribution in [0.1, 0.15) is 36.1 Å². The van der Waals surface area contributed by atoms with Crippen molar-refractivity contribution in [2.45, 2.75) is 32.2 Å². The van der Waals surface area contributed by atoms with Gasteiger partial charge in [0.25, 0.3) is 0 Å². The number of aliphatic imine (C=N–C) groups is 1. The second-order valence-electron chi connectivity index (χ2n) is 6.43. The summed E-state index contributed by atoms with van der Waals surface area (Å²) in [6.45, 7) is 5.48. The van der Waals surface area contributed by atoms with E-state index < -0.39 is 0 Å². The summed E-state index contributed by atoms with van der Waals surface area (Å²) < 4.78 is 5.85. The SMILES string of the molecule is Cc1ccc(C(CN=C(N)NCCc2ccccn2)N2CCCC2)o1. The summed E-state index contributed by atoms with van der Waals surface area (Å²) in [5, 5.41) is 3.17. The zero-order valence-electron chi connectivity index (χ0n) is 14.8. The molecule has 134 valence electrons. The van der Waals surface area contributed by atoms with E-state index in [-0.39, 0.29) is 6.04 Å². The number of furan rings is 1. The van der Waals surface area contributed by atoms with Crippen LogP contribution in [0.4, 0.5) is 0 Å². The van der Waals surface area contributed by atoms with Gasteiger partial charge in [-0.2, -0.15) is 0 Å². The third-order valence-electron chi connectivity index (χ3n) is 4.52. The number of hydrogen-bond acceptors (Lipinski definition) is 4. The van der Waals surface area contributed by atoms with E-state index in [2.05, 4.69) is 26.3 Å². The van der Waals surface area contributed by atoms with Crippen LogP contribution < -0.4 is 11.1 Å². The summed E-state index contributed by atoms with van der Waals surface area (Å²) in [7, 11) is 0. The van der Waals surface area contributed by atoms with Gasteiger partial charge in [0, 0.05) is 24.9 Å². The largest absolute Gasteiger partial charge is 0.465 e. The molecule has 1 atom stereocenters. The van der Waals surface area contributed by atoms with Crippen LogP contribution in [0, 0.1) is 6.92 Å². The first-order chi connectivity index (χ1) is 12.2. The summed E-state index contributed by atoms with van der Waals surface area (Å²) in [5.74, 6) is 2.39. The van der Waals surface area contributed by atoms with Gasteiger partial charge < -0.3 is 15.5 Å². The normalized spacial score (nSPS) is 16.9. The molecule has 0 radical (unpaired) electrons. The highest BCUT2D eigenvalue weighted by atomic mass is 16.3. The summed E-state index contributed by atoms with van der Waals surface area (Å²) in [6, 6.07) is 10.1.